The van der Waals surface area contributed by atoms with Gasteiger partial charge < -0.3 is 9.88 Å². The van der Waals surface area contributed by atoms with E-state index >= 15 is 0 Å². The van der Waals surface area contributed by atoms with Crippen LogP contribution < -0.4 is 5.32 Å². The third-order valence-electron chi connectivity index (χ3n) is 3.37. The summed E-state index contributed by atoms with van der Waals surface area (Å²) in [5, 5.41) is 3.42. The molecule has 1 atom stereocenters. The second-order valence-electron chi connectivity index (χ2n) is 4.60. The van der Waals surface area contributed by atoms with Crippen molar-refractivity contribution in [1.29, 1.82) is 0 Å². The molecule has 1 aliphatic heterocycles. The van der Waals surface area contributed by atoms with Gasteiger partial charge in [-0.15, -0.1) is 0 Å². The van der Waals surface area contributed by atoms with Crippen molar-refractivity contribution in [3.63, 3.8) is 0 Å². The third kappa shape index (κ3) is 1.57. The summed E-state index contributed by atoms with van der Waals surface area (Å²) in [6.07, 6.45) is 8.17. The van der Waals surface area contributed by atoms with Gasteiger partial charge in [0.2, 0.25) is 0 Å². The molecule has 1 N–H and O–H groups in total. The van der Waals surface area contributed by atoms with E-state index in [2.05, 4.69) is 21.1 Å². The van der Waals surface area contributed by atoms with Gasteiger partial charge in [-0.3, -0.25) is 0 Å². The van der Waals surface area contributed by atoms with Gasteiger partial charge in [-0.1, -0.05) is 0 Å². The van der Waals surface area contributed by atoms with Crippen LogP contribution in [0.5, 0.6) is 0 Å². The molecule has 1 aliphatic carbocycles. The number of nitrogens with one attached hydrogen (secondary N) is 1. The Hall–Kier alpha value is -0.830. The van der Waals surface area contributed by atoms with Crippen LogP contribution in [0.4, 0.5) is 0 Å². The summed E-state index contributed by atoms with van der Waals surface area (Å²) >= 11 is 0. The average molecular weight is 191 g/mol. The van der Waals surface area contributed by atoms with Gasteiger partial charge in [0.1, 0.15) is 0 Å². The monoisotopic (exact) mass is 191 g/mol. The Labute approximate surface area is 84.5 Å². The number of aromatic nitrogens is 2. The molecule has 0 bridgehead atoms. The first-order valence-electron chi connectivity index (χ1n) is 5.64. The smallest absolute Gasteiger partial charge is 0.0948 e. The molecule has 1 saturated carbocycles. The molecule has 2 fully saturated rings. The first kappa shape index (κ1) is 8.48. The number of hydrogen-bond donors (Lipinski definition) is 1. The molecule has 0 aromatic carbocycles. The second kappa shape index (κ2) is 3.39. The summed E-state index contributed by atoms with van der Waals surface area (Å²) in [7, 11) is 0. The van der Waals surface area contributed by atoms with Crippen molar-refractivity contribution < 1.29 is 0 Å². The van der Waals surface area contributed by atoms with Crippen LogP contribution in [0.1, 0.15) is 30.9 Å². The number of imidazole rings is 1. The van der Waals surface area contributed by atoms with E-state index in [0.717, 1.165) is 12.5 Å². The molecule has 2 aliphatic rings. The van der Waals surface area contributed by atoms with Gasteiger partial charge in [-0.2, -0.15) is 0 Å². The standard InChI is InChI=1S/C11H17N3/c1-2-9(1)7-14-8-13-6-11(14)10-3-4-12-5-10/h6,8-10,12H,1-5,7H2. The Morgan fingerprint density at radius 3 is 3.07 bits per heavy atom. The number of hydrogen-bond acceptors (Lipinski definition) is 2. The predicted molar refractivity (Wildman–Crippen MR) is 55.2 cm³/mol. The van der Waals surface area contributed by atoms with Crippen molar-refractivity contribution in [2.45, 2.75) is 31.7 Å². The lowest BCUT2D eigenvalue weighted by molar-refractivity contribution is 0.572. The molecule has 0 amide bonds. The fourth-order valence-electron chi connectivity index (χ4n) is 2.31. The van der Waals surface area contributed by atoms with E-state index in [-0.39, 0.29) is 0 Å². The molecular weight excluding hydrogens is 174 g/mol. The number of rotatable bonds is 3. The van der Waals surface area contributed by atoms with Crippen molar-refractivity contribution in [2.75, 3.05) is 13.1 Å². The predicted octanol–water partition coefficient (Wildman–Crippen LogP) is 1.37. The lowest BCUT2D eigenvalue weighted by Gasteiger charge is -2.11. The fraction of sp³-hybridized carbons (Fsp3) is 0.727. The van der Waals surface area contributed by atoms with E-state index in [1.54, 1.807) is 0 Å². The van der Waals surface area contributed by atoms with Crippen LogP contribution in [-0.2, 0) is 6.54 Å². The van der Waals surface area contributed by atoms with Gasteiger partial charge >= 0.3 is 0 Å². The van der Waals surface area contributed by atoms with Gasteiger partial charge in [-0.25, -0.2) is 4.98 Å². The first-order chi connectivity index (χ1) is 6.93. The molecule has 76 valence electrons. The van der Waals surface area contributed by atoms with Crippen LogP contribution in [0.15, 0.2) is 12.5 Å². The maximum absolute atomic E-state index is 4.28. The van der Waals surface area contributed by atoms with Gasteiger partial charge in [-0.05, 0) is 31.7 Å². The summed E-state index contributed by atoms with van der Waals surface area (Å²) in [6.45, 7) is 3.50. The van der Waals surface area contributed by atoms with Crippen molar-refractivity contribution in [1.82, 2.24) is 14.9 Å². The van der Waals surface area contributed by atoms with Crippen LogP contribution >= 0.6 is 0 Å². The Kier molecular flexibility index (Phi) is 2.05. The van der Waals surface area contributed by atoms with Crippen LogP contribution in [0.2, 0.25) is 0 Å². The molecule has 0 radical (unpaired) electrons. The topological polar surface area (TPSA) is 29.9 Å². The highest BCUT2D eigenvalue weighted by Gasteiger charge is 2.25. The van der Waals surface area contributed by atoms with Crippen molar-refractivity contribution in [3.8, 4) is 0 Å². The summed E-state index contributed by atoms with van der Waals surface area (Å²) in [5.41, 5.74) is 1.45. The van der Waals surface area contributed by atoms with Crippen molar-refractivity contribution in [3.05, 3.63) is 18.2 Å². The zero-order valence-corrected chi connectivity index (χ0v) is 8.45. The molecule has 3 nitrogen and oxygen atoms in total. The van der Waals surface area contributed by atoms with E-state index in [9.17, 15) is 0 Å². The lowest BCUT2D eigenvalue weighted by atomic mass is 10.1. The van der Waals surface area contributed by atoms with Crippen molar-refractivity contribution in [2.24, 2.45) is 5.92 Å². The number of nitrogens with zero attached hydrogens (tertiary/aromatic N) is 2. The van der Waals surface area contributed by atoms with Gasteiger partial charge in [0.25, 0.3) is 0 Å². The highest BCUT2D eigenvalue weighted by Crippen LogP contribution is 2.32. The van der Waals surface area contributed by atoms with Crippen LogP contribution in [0, 0.1) is 5.92 Å². The molecule has 2 heterocycles. The van der Waals surface area contributed by atoms with E-state index in [1.807, 2.05) is 6.33 Å². The second-order valence-corrected chi connectivity index (χ2v) is 4.60. The molecule has 1 saturated heterocycles. The lowest BCUT2D eigenvalue weighted by Crippen LogP contribution is -2.12. The molecule has 0 spiro atoms. The van der Waals surface area contributed by atoms with E-state index in [0.29, 0.717) is 5.92 Å². The average Bonchev–Trinajstić information content (AvgIpc) is 2.68. The van der Waals surface area contributed by atoms with Gasteiger partial charge in [0.15, 0.2) is 0 Å². The third-order valence-corrected chi connectivity index (χ3v) is 3.37. The minimum atomic E-state index is 0.705. The summed E-state index contributed by atoms with van der Waals surface area (Å²) in [5.74, 6) is 1.65. The Bertz CT molecular complexity index is 308. The summed E-state index contributed by atoms with van der Waals surface area (Å²) in [4.78, 5) is 4.28. The van der Waals surface area contributed by atoms with Gasteiger partial charge in [0.05, 0.1) is 6.33 Å². The SMILES string of the molecule is c1ncn(CC2CC2)c1C1CCNC1. The minimum Gasteiger partial charge on any atom is -0.334 e. The van der Waals surface area contributed by atoms with Gasteiger partial charge in [0, 0.05) is 30.9 Å². The van der Waals surface area contributed by atoms with E-state index < -0.39 is 0 Å². The summed E-state index contributed by atoms with van der Waals surface area (Å²) < 4.78 is 2.37. The minimum absolute atomic E-state index is 0.705. The molecule has 1 unspecified atom stereocenters. The van der Waals surface area contributed by atoms with Crippen molar-refractivity contribution >= 4 is 0 Å². The molecule has 3 heteroatoms. The normalized spacial score (nSPS) is 27.0. The van der Waals surface area contributed by atoms with E-state index in [4.69, 9.17) is 0 Å². The van der Waals surface area contributed by atoms with Crippen LogP contribution in [0.25, 0.3) is 0 Å². The highest BCUT2D eigenvalue weighted by molar-refractivity contribution is 5.09. The maximum Gasteiger partial charge on any atom is 0.0948 e. The van der Waals surface area contributed by atoms with E-state index in [1.165, 1.54) is 38.0 Å². The molecule has 3 rings (SSSR count). The Morgan fingerprint density at radius 2 is 2.36 bits per heavy atom. The molecule has 14 heavy (non-hydrogen) atoms. The zero-order valence-electron chi connectivity index (χ0n) is 8.45. The highest BCUT2D eigenvalue weighted by atomic mass is 15.1. The Balaban J connectivity index is 1.77. The zero-order chi connectivity index (χ0) is 9.38. The molecule has 1 aromatic rings. The van der Waals surface area contributed by atoms with Crippen LogP contribution in [-0.4, -0.2) is 22.6 Å². The fourth-order valence-corrected chi connectivity index (χ4v) is 2.31. The van der Waals surface area contributed by atoms with Crippen LogP contribution in [0.3, 0.4) is 0 Å². The maximum atomic E-state index is 4.28. The molecule has 1 aromatic heterocycles. The quantitative estimate of drug-likeness (QED) is 0.782. The first-order valence-corrected chi connectivity index (χ1v) is 5.64. The largest absolute Gasteiger partial charge is 0.334 e. The molecular formula is C11H17N3. The Morgan fingerprint density at radius 1 is 1.43 bits per heavy atom. The summed E-state index contributed by atoms with van der Waals surface area (Å²) in [6, 6.07) is 0.